The number of rotatable bonds is 3. The molecule has 0 saturated heterocycles. The third-order valence-electron chi connectivity index (χ3n) is 3.19. The number of carbonyl (C=O) groups excluding carboxylic acids is 1. The van der Waals surface area contributed by atoms with Crippen LogP contribution < -0.4 is 5.32 Å². The Hall–Kier alpha value is -1.49. The number of aromatic nitrogens is 1. The number of carbonyl (C=O) groups is 1. The largest absolute Gasteiger partial charge is 0.338 e. The number of benzene rings is 2. The SMILES string of the molecule is O=C(Cn1ccc2cc(Br)ccc21)Nc1cc(Cl)cc(Cl)c1. The molecule has 0 aliphatic rings. The molecule has 0 aliphatic carbocycles. The standard InChI is InChI=1S/C16H11BrCl2N2O/c17-11-1-2-15-10(5-11)3-4-21(15)9-16(22)20-14-7-12(18)6-13(19)8-14/h1-8H,9H2,(H,20,22). The molecule has 0 atom stereocenters. The van der Waals surface area contributed by atoms with Gasteiger partial charge in [0.1, 0.15) is 6.54 Å². The van der Waals surface area contributed by atoms with Gasteiger partial charge in [-0.05, 0) is 42.5 Å². The van der Waals surface area contributed by atoms with Crippen molar-refractivity contribution in [2.45, 2.75) is 6.54 Å². The number of fused-ring (bicyclic) bond motifs is 1. The number of hydrogen-bond acceptors (Lipinski definition) is 1. The first-order valence-corrected chi connectivity index (χ1v) is 8.06. The van der Waals surface area contributed by atoms with E-state index >= 15 is 0 Å². The molecule has 0 saturated carbocycles. The van der Waals surface area contributed by atoms with Crippen LogP contribution in [-0.2, 0) is 11.3 Å². The van der Waals surface area contributed by atoms with Crippen molar-refractivity contribution in [2.75, 3.05) is 5.32 Å². The van der Waals surface area contributed by atoms with E-state index in [9.17, 15) is 4.79 Å². The lowest BCUT2D eigenvalue weighted by Crippen LogP contribution is -2.18. The Morgan fingerprint density at radius 3 is 2.55 bits per heavy atom. The van der Waals surface area contributed by atoms with Gasteiger partial charge in [0.15, 0.2) is 0 Å². The lowest BCUT2D eigenvalue weighted by Gasteiger charge is -2.08. The Balaban J connectivity index is 1.78. The van der Waals surface area contributed by atoms with Crippen molar-refractivity contribution in [3.05, 3.63) is 63.2 Å². The Labute approximate surface area is 146 Å². The van der Waals surface area contributed by atoms with Crippen molar-refractivity contribution in [2.24, 2.45) is 0 Å². The van der Waals surface area contributed by atoms with Gasteiger partial charge in [0, 0.05) is 37.3 Å². The van der Waals surface area contributed by atoms with Crippen molar-refractivity contribution < 1.29 is 4.79 Å². The van der Waals surface area contributed by atoms with E-state index in [0.29, 0.717) is 15.7 Å². The number of halogens is 3. The zero-order chi connectivity index (χ0) is 15.7. The van der Waals surface area contributed by atoms with Gasteiger partial charge >= 0.3 is 0 Å². The first kappa shape index (κ1) is 15.4. The minimum Gasteiger partial charge on any atom is -0.338 e. The minimum absolute atomic E-state index is 0.140. The molecule has 1 heterocycles. The van der Waals surface area contributed by atoms with Crippen LogP contribution in [0.2, 0.25) is 10.0 Å². The second-order valence-electron chi connectivity index (χ2n) is 4.85. The van der Waals surface area contributed by atoms with Crippen molar-refractivity contribution in [1.82, 2.24) is 4.57 Å². The maximum Gasteiger partial charge on any atom is 0.244 e. The Kier molecular flexibility index (Phi) is 4.43. The maximum absolute atomic E-state index is 12.2. The van der Waals surface area contributed by atoms with E-state index in [-0.39, 0.29) is 12.5 Å². The Bertz CT molecular complexity index is 840. The molecule has 0 bridgehead atoms. The fourth-order valence-electron chi connectivity index (χ4n) is 2.29. The van der Waals surface area contributed by atoms with E-state index in [4.69, 9.17) is 23.2 Å². The molecule has 3 aromatic rings. The van der Waals surface area contributed by atoms with E-state index in [1.54, 1.807) is 18.2 Å². The minimum atomic E-state index is -0.140. The van der Waals surface area contributed by atoms with E-state index in [1.165, 1.54) is 0 Å². The van der Waals surface area contributed by atoms with E-state index in [0.717, 1.165) is 15.4 Å². The van der Waals surface area contributed by atoms with Crippen LogP contribution in [0.5, 0.6) is 0 Å². The normalized spacial score (nSPS) is 10.9. The summed E-state index contributed by atoms with van der Waals surface area (Å²) in [5.41, 5.74) is 1.59. The number of nitrogens with one attached hydrogen (secondary N) is 1. The zero-order valence-corrected chi connectivity index (χ0v) is 14.4. The highest BCUT2D eigenvalue weighted by Gasteiger charge is 2.08. The molecule has 0 spiro atoms. The Morgan fingerprint density at radius 2 is 1.82 bits per heavy atom. The van der Waals surface area contributed by atoms with Crippen molar-refractivity contribution in [1.29, 1.82) is 0 Å². The highest BCUT2D eigenvalue weighted by atomic mass is 79.9. The smallest absolute Gasteiger partial charge is 0.244 e. The van der Waals surface area contributed by atoms with Gasteiger partial charge in [0.2, 0.25) is 5.91 Å². The number of amides is 1. The summed E-state index contributed by atoms with van der Waals surface area (Å²) in [6.45, 7) is 0.218. The first-order chi connectivity index (χ1) is 10.5. The molecular formula is C16H11BrCl2N2O. The van der Waals surface area contributed by atoms with Crippen LogP contribution in [0.15, 0.2) is 53.1 Å². The van der Waals surface area contributed by atoms with Gasteiger partial charge in [-0.25, -0.2) is 0 Å². The van der Waals surface area contributed by atoms with Gasteiger partial charge in [-0.3, -0.25) is 4.79 Å². The van der Waals surface area contributed by atoms with Crippen molar-refractivity contribution in [3.63, 3.8) is 0 Å². The monoisotopic (exact) mass is 396 g/mol. The lowest BCUT2D eigenvalue weighted by atomic mass is 10.2. The maximum atomic E-state index is 12.2. The third-order valence-corrected chi connectivity index (χ3v) is 4.12. The fraction of sp³-hybridized carbons (Fsp3) is 0.0625. The van der Waals surface area contributed by atoms with Crippen LogP contribution in [-0.4, -0.2) is 10.5 Å². The van der Waals surface area contributed by atoms with E-state index in [1.807, 2.05) is 35.0 Å². The number of anilines is 1. The lowest BCUT2D eigenvalue weighted by molar-refractivity contribution is -0.116. The summed E-state index contributed by atoms with van der Waals surface area (Å²) < 4.78 is 2.90. The molecule has 3 nitrogen and oxygen atoms in total. The molecule has 0 fully saturated rings. The van der Waals surface area contributed by atoms with Crippen LogP contribution in [0.1, 0.15) is 0 Å². The van der Waals surface area contributed by atoms with Gasteiger partial charge in [-0.15, -0.1) is 0 Å². The molecule has 1 amide bonds. The summed E-state index contributed by atoms with van der Waals surface area (Å²) in [7, 11) is 0. The molecule has 0 aliphatic heterocycles. The van der Waals surface area contributed by atoms with Gasteiger partial charge < -0.3 is 9.88 Å². The van der Waals surface area contributed by atoms with Gasteiger partial charge in [-0.2, -0.15) is 0 Å². The number of hydrogen-bond donors (Lipinski definition) is 1. The Morgan fingerprint density at radius 1 is 1.09 bits per heavy atom. The van der Waals surface area contributed by atoms with Crippen LogP contribution >= 0.6 is 39.1 Å². The summed E-state index contributed by atoms with van der Waals surface area (Å²) in [5, 5.41) is 4.85. The van der Waals surface area contributed by atoms with Gasteiger partial charge in [0.25, 0.3) is 0 Å². The molecule has 2 aromatic carbocycles. The predicted molar refractivity (Wildman–Crippen MR) is 94.7 cm³/mol. The van der Waals surface area contributed by atoms with Gasteiger partial charge in [-0.1, -0.05) is 39.1 Å². The van der Waals surface area contributed by atoms with E-state index < -0.39 is 0 Å². The van der Waals surface area contributed by atoms with E-state index in [2.05, 4.69) is 21.2 Å². The fourth-order valence-corrected chi connectivity index (χ4v) is 3.19. The predicted octanol–water partition coefficient (Wildman–Crippen LogP) is 5.35. The summed E-state index contributed by atoms with van der Waals surface area (Å²) >= 11 is 15.3. The summed E-state index contributed by atoms with van der Waals surface area (Å²) in [5.74, 6) is -0.140. The highest BCUT2D eigenvalue weighted by Crippen LogP contribution is 2.23. The molecule has 22 heavy (non-hydrogen) atoms. The third kappa shape index (κ3) is 3.46. The molecule has 0 radical (unpaired) electrons. The number of nitrogens with zero attached hydrogens (tertiary/aromatic N) is 1. The molecule has 0 unspecified atom stereocenters. The van der Waals surface area contributed by atoms with Crippen molar-refractivity contribution in [3.8, 4) is 0 Å². The van der Waals surface area contributed by atoms with Crippen LogP contribution in [0.25, 0.3) is 10.9 Å². The molecular weight excluding hydrogens is 387 g/mol. The highest BCUT2D eigenvalue weighted by molar-refractivity contribution is 9.10. The van der Waals surface area contributed by atoms with Crippen LogP contribution in [0, 0.1) is 0 Å². The molecule has 6 heteroatoms. The summed E-state index contributed by atoms with van der Waals surface area (Å²) in [6.07, 6.45) is 1.89. The molecule has 1 aromatic heterocycles. The zero-order valence-electron chi connectivity index (χ0n) is 11.3. The quantitative estimate of drug-likeness (QED) is 0.635. The average molecular weight is 398 g/mol. The average Bonchev–Trinajstić information content (AvgIpc) is 2.79. The molecule has 3 rings (SSSR count). The summed E-state index contributed by atoms with van der Waals surface area (Å²) in [4.78, 5) is 12.2. The van der Waals surface area contributed by atoms with Crippen molar-refractivity contribution >= 4 is 61.6 Å². The first-order valence-electron chi connectivity index (χ1n) is 6.51. The molecule has 112 valence electrons. The van der Waals surface area contributed by atoms with Gasteiger partial charge in [0.05, 0.1) is 0 Å². The molecule has 1 N–H and O–H groups in total. The second-order valence-corrected chi connectivity index (χ2v) is 6.64. The van der Waals surface area contributed by atoms with Crippen LogP contribution in [0.3, 0.4) is 0 Å². The second kappa shape index (κ2) is 6.32. The van der Waals surface area contributed by atoms with Crippen LogP contribution in [0.4, 0.5) is 5.69 Å². The summed E-state index contributed by atoms with van der Waals surface area (Å²) in [6, 6.07) is 12.9. The topological polar surface area (TPSA) is 34.0 Å².